The zero-order chi connectivity index (χ0) is 15.4. The number of esters is 1. The lowest BCUT2D eigenvalue weighted by atomic mass is 10.1. The number of hydrogen-bond acceptors (Lipinski definition) is 6. The van der Waals surface area contributed by atoms with Gasteiger partial charge in [-0.25, -0.2) is 4.79 Å². The van der Waals surface area contributed by atoms with Crippen molar-refractivity contribution in [1.82, 2.24) is 0 Å². The van der Waals surface area contributed by atoms with Crippen molar-refractivity contribution in [1.29, 1.82) is 0 Å². The third kappa shape index (κ3) is 3.05. The molecule has 0 aromatic heterocycles. The Morgan fingerprint density at radius 2 is 1.95 bits per heavy atom. The van der Waals surface area contributed by atoms with Crippen LogP contribution < -0.4 is 9.47 Å². The van der Waals surface area contributed by atoms with Crippen LogP contribution in [-0.2, 0) is 14.3 Å². The Balaban J connectivity index is 2.27. The van der Waals surface area contributed by atoms with Crippen molar-refractivity contribution in [2.24, 2.45) is 0 Å². The van der Waals surface area contributed by atoms with Gasteiger partial charge in [0.25, 0.3) is 0 Å². The van der Waals surface area contributed by atoms with Crippen LogP contribution in [0.3, 0.4) is 0 Å². The third-order valence-corrected chi connectivity index (χ3v) is 2.91. The van der Waals surface area contributed by atoms with E-state index in [-0.39, 0.29) is 12.2 Å². The quantitative estimate of drug-likeness (QED) is 0.393. The van der Waals surface area contributed by atoms with Gasteiger partial charge in [-0.1, -0.05) is 12.1 Å². The van der Waals surface area contributed by atoms with Crippen LogP contribution in [0.25, 0.3) is 6.08 Å². The van der Waals surface area contributed by atoms with Gasteiger partial charge in [-0.2, -0.15) is 0 Å². The maximum atomic E-state index is 11.4. The van der Waals surface area contributed by atoms with E-state index in [4.69, 9.17) is 9.47 Å². The molecule has 0 unspecified atom stereocenters. The van der Waals surface area contributed by atoms with E-state index < -0.39 is 17.5 Å². The molecule has 1 heterocycles. The minimum Gasteiger partial charge on any atom is -0.507 e. The number of rotatable bonds is 4. The van der Waals surface area contributed by atoms with Crippen LogP contribution in [-0.4, -0.2) is 37.7 Å². The maximum Gasteiger partial charge on any atom is 0.346 e. The molecule has 1 N–H and O–H groups in total. The molecule has 0 spiro atoms. The van der Waals surface area contributed by atoms with Crippen molar-refractivity contribution in [2.45, 2.75) is 0 Å². The summed E-state index contributed by atoms with van der Waals surface area (Å²) in [6.07, 6.45) is 2.81. The van der Waals surface area contributed by atoms with E-state index in [0.29, 0.717) is 17.1 Å². The number of methoxy groups -OCH3 is 2. The van der Waals surface area contributed by atoms with Crippen molar-refractivity contribution in [3.05, 3.63) is 41.2 Å². The highest BCUT2D eigenvalue weighted by Crippen LogP contribution is 2.28. The molecule has 0 saturated carbocycles. The molecule has 0 radical (unpaired) electrons. The van der Waals surface area contributed by atoms with Gasteiger partial charge in [-0.15, -0.1) is 0 Å². The molecule has 2 rings (SSSR count). The van der Waals surface area contributed by atoms with Gasteiger partial charge in [-0.05, 0) is 23.8 Å². The topological polar surface area (TPSA) is 82.1 Å². The molecule has 110 valence electrons. The zero-order valence-electron chi connectivity index (χ0n) is 11.6. The molecule has 21 heavy (non-hydrogen) atoms. The van der Waals surface area contributed by atoms with Gasteiger partial charge in [0.05, 0.1) is 14.2 Å². The number of Topliss-reactive ketones (excluding diaryl/α,β-unsaturated/α-hetero) is 1. The van der Waals surface area contributed by atoms with Gasteiger partial charge in [0.15, 0.2) is 18.1 Å². The van der Waals surface area contributed by atoms with E-state index in [1.165, 1.54) is 20.3 Å². The van der Waals surface area contributed by atoms with E-state index >= 15 is 0 Å². The fourth-order valence-corrected chi connectivity index (χ4v) is 1.85. The summed E-state index contributed by atoms with van der Waals surface area (Å²) >= 11 is 0. The molecule has 6 heteroatoms. The second-order valence-electron chi connectivity index (χ2n) is 4.21. The Labute approximate surface area is 121 Å². The van der Waals surface area contributed by atoms with Crippen LogP contribution in [0.1, 0.15) is 5.56 Å². The number of hydrogen-bond donors (Lipinski definition) is 1. The fraction of sp³-hybridized carbons (Fsp3) is 0.200. The van der Waals surface area contributed by atoms with Gasteiger partial charge < -0.3 is 19.3 Å². The summed E-state index contributed by atoms with van der Waals surface area (Å²) in [6.45, 7) is -0.331. The second kappa shape index (κ2) is 6.13. The second-order valence-corrected chi connectivity index (χ2v) is 4.21. The van der Waals surface area contributed by atoms with Crippen LogP contribution in [0.15, 0.2) is 35.6 Å². The normalized spacial score (nSPS) is 17.0. The smallest absolute Gasteiger partial charge is 0.346 e. The first-order chi connectivity index (χ1) is 10.1. The molecular formula is C15H14O6. The van der Waals surface area contributed by atoms with Gasteiger partial charge >= 0.3 is 5.97 Å². The molecule has 1 fully saturated rings. The Morgan fingerprint density at radius 3 is 2.52 bits per heavy atom. The van der Waals surface area contributed by atoms with Crippen LogP contribution in [0.2, 0.25) is 0 Å². The highest BCUT2D eigenvalue weighted by molar-refractivity contribution is 6.22. The van der Waals surface area contributed by atoms with Gasteiger partial charge in [0.1, 0.15) is 11.3 Å². The number of ether oxygens (including phenoxy) is 3. The van der Waals surface area contributed by atoms with E-state index in [1.807, 2.05) is 0 Å². The molecule has 1 aliphatic rings. The van der Waals surface area contributed by atoms with Gasteiger partial charge in [0.2, 0.25) is 5.78 Å². The largest absolute Gasteiger partial charge is 0.507 e. The zero-order valence-corrected chi connectivity index (χ0v) is 11.6. The Kier molecular flexibility index (Phi) is 4.27. The molecule has 6 nitrogen and oxygen atoms in total. The monoisotopic (exact) mass is 290 g/mol. The lowest BCUT2D eigenvalue weighted by molar-refractivity contribution is -0.135. The average Bonchev–Trinajstić information content (AvgIpc) is 2.83. The lowest BCUT2D eigenvalue weighted by Gasteiger charge is -2.07. The molecule has 1 aliphatic heterocycles. The Bertz CT molecular complexity index is 624. The summed E-state index contributed by atoms with van der Waals surface area (Å²) in [5.74, 6) is -0.656. The van der Waals surface area contributed by atoms with Crippen LogP contribution in [0.4, 0.5) is 0 Å². The van der Waals surface area contributed by atoms with E-state index in [2.05, 4.69) is 4.74 Å². The summed E-state index contributed by atoms with van der Waals surface area (Å²) < 4.78 is 14.8. The van der Waals surface area contributed by atoms with Crippen LogP contribution in [0, 0.1) is 0 Å². The summed E-state index contributed by atoms with van der Waals surface area (Å²) in [5, 5.41) is 9.79. The number of allylic oxidation sites excluding steroid dienone is 1. The molecule has 1 aromatic carbocycles. The van der Waals surface area contributed by atoms with Crippen molar-refractivity contribution in [3.8, 4) is 11.5 Å². The standard InChI is InChI=1S/C15H14O6/c1-19-12-6-4-9(7-13(12)20-2)3-5-10(16)14-11(17)8-21-15(14)18/h3-7,16H,8H2,1-2H3/b5-3?,14-10+. The van der Waals surface area contributed by atoms with Crippen LogP contribution >= 0.6 is 0 Å². The first kappa shape index (κ1) is 14.6. The summed E-state index contributed by atoms with van der Waals surface area (Å²) in [5.41, 5.74) is 0.380. The minimum atomic E-state index is -0.811. The molecule has 0 atom stereocenters. The highest BCUT2D eigenvalue weighted by atomic mass is 16.5. The summed E-state index contributed by atoms with van der Waals surface area (Å²) in [7, 11) is 3.04. The molecule has 1 saturated heterocycles. The Morgan fingerprint density at radius 1 is 1.24 bits per heavy atom. The Hall–Kier alpha value is -2.76. The van der Waals surface area contributed by atoms with Crippen LogP contribution in [0.5, 0.6) is 11.5 Å². The number of carbonyl (C=O) groups is 2. The predicted octanol–water partition coefficient (Wildman–Crippen LogP) is 1.66. The number of carbonyl (C=O) groups excluding carboxylic acids is 2. The van der Waals surface area contributed by atoms with Crippen molar-refractivity contribution in [3.63, 3.8) is 0 Å². The van der Waals surface area contributed by atoms with Crippen molar-refractivity contribution >= 4 is 17.8 Å². The number of ketones is 1. The number of benzene rings is 1. The number of aliphatic hydroxyl groups is 1. The average molecular weight is 290 g/mol. The fourth-order valence-electron chi connectivity index (χ4n) is 1.85. The van der Waals surface area contributed by atoms with E-state index in [1.54, 1.807) is 24.3 Å². The van der Waals surface area contributed by atoms with E-state index in [9.17, 15) is 14.7 Å². The summed E-state index contributed by atoms with van der Waals surface area (Å²) in [6, 6.07) is 5.14. The molecule has 0 amide bonds. The van der Waals surface area contributed by atoms with Gasteiger partial charge in [-0.3, -0.25) is 4.79 Å². The summed E-state index contributed by atoms with van der Waals surface area (Å²) in [4.78, 5) is 22.7. The minimum absolute atomic E-state index is 0.327. The third-order valence-electron chi connectivity index (χ3n) is 2.91. The maximum absolute atomic E-state index is 11.4. The number of cyclic esters (lactones) is 1. The predicted molar refractivity (Wildman–Crippen MR) is 74.2 cm³/mol. The molecule has 0 bridgehead atoms. The first-order valence-corrected chi connectivity index (χ1v) is 6.10. The van der Waals surface area contributed by atoms with E-state index in [0.717, 1.165) is 0 Å². The molecular weight excluding hydrogens is 276 g/mol. The SMILES string of the molecule is COc1ccc(C=C/C(O)=C2/C(=O)COC2=O)cc1OC. The van der Waals surface area contributed by atoms with Crippen molar-refractivity contribution < 1.29 is 28.9 Å². The molecule has 0 aliphatic carbocycles. The lowest BCUT2D eigenvalue weighted by Crippen LogP contribution is -2.04. The van der Waals surface area contributed by atoms with Gasteiger partial charge in [0, 0.05) is 0 Å². The molecule has 1 aromatic rings. The first-order valence-electron chi connectivity index (χ1n) is 6.10. The van der Waals surface area contributed by atoms with Crippen molar-refractivity contribution in [2.75, 3.05) is 20.8 Å². The number of aliphatic hydroxyl groups excluding tert-OH is 1. The highest BCUT2D eigenvalue weighted by Gasteiger charge is 2.31.